The lowest BCUT2D eigenvalue weighted by Gasteiger charge is -2.10. The molecule has 1 heterocycles. The number of alkyl halides is 3. The molecule has 0 spiro atoms. The topological polar surface area (TPSA) is 86.7 Å². The molecule has 0 saturated carbocycles. The van der Waals surface area contributed by atoms with Gasteiger partial charge in [-0.15, -0.1) is 5.10 Å². The lowest BCUT2D eigenvalue weighted by atomic mass is 10.1. The quantitative estimate of drug-likeness (QED) is 0.482. The Morgan fingerprint density at radius 2 is 1.93 bits per heavy atom. The van der Waals surface area contributed by atoms with Crippen molar-refractivity contribution >= 4 is 17.4 Å². The zero-order valence-electron chi connectivity index (χ0n) is 14.1. The summed E-state index contributed by atoms with van der Waals surface area (Å²) in [6.07, 6.45) is -4.67. The molecule has 3 aromatic rings. The van der Waals surface area contributed by atoms with Gasteiger partial charge in [0.15, 0.2) is 0 Å². The van der Waals surface area contributed by atoms with Gasteiger partial charge in [-0.25, -0.2) is 0 Å². The first-order chi connectivity index (χ1) is 12.7. The number of rotatable bonds is 4. The predicted octanol–water partition coefficient (Wildman–Crippen LogP) is 4.36. The maximum atomic E-state index is 12.8. The zero-order valence-corrected chi connectivity index (χ0v) is 14.9. The van der Waals surface area contributed by atoms with E-state index in [0.717, 1.165) is 35.0 Å². The highest BCUT2D eigenvalue weighted by atomic mass is 32.2. The molecule has 2 aromatic carbocycles. The second-order valence-corrected chi connectivity index (χ2v) is 6.64. The highest BCUT2D eigenvalue weighted by Gasteiger charge is 2.33. The summed E-state index contributed by atoms with van der Waals surface area (Å²) < 4.78 is 39.9. The third kappa shape index (κ3) is 3.77. The molecular weight excluding hydrogens is 383 g/mol. The summed E-state index contributed by atoms with van der Waals surface area (Å²) in [4.78, 5) is 10.4. The molecule has 0 atom stereocenters. The van der Waals surface area contributed by atoms with E-state index in [1.807, 2.05) is 26.0 Å². The summed E-state index contributed by atoms with van der Waals surface area (Å²) in [5.74, 6) is 0. The zero-order chi connectivity index (χ0) is 19.8. The molecular formula is C16H12F3N5O2S. The van der Waals surface area contributed by atoms with Crippen LogP contribution in [0.15, 0.2) is 46.5 Å². The van der Waals surface area contributed by atoms with Gasteiger partial charge in [0.05, 0.1) is 21.1 Å². The van der Waals surface area contributed by atoms with Gasteiger partial charge in [-0.2, -0.15) is 17.9 Å². The first-order valence-electron chi connectivity index (χ1n) is 7.57. The third-order valence-electron chi connectivity index (χ3n) is 3.93. The van der Waals surface area contributed by atoms with Gasteiger partial charge in [0.25, 0.3) is 5.69 Å². The fourth-order valence-corrected chi connectivity index (χ4v) is 3.25. The van der Waals surface area contributed by atoms with E-state index in [9.17, 15) is 23.3 Å². The van der Waals surface area contributed by atoms with Gasteiger partial charge in [0.1, 0.15) is 0 Å². The first-order valence-corrected chi connectivity index (χ1v) is 8.38. The number of halogens is 3. The molecule has 0 aliphatic carbocycles. The number of nitrogens with zero attached hydrogens (tertiary/aromatic N) is 5. The lowest BCUT2D eigenvalue weighted by molar-refractivity contribution is -0.388. The molecule has 3 rings (SSSR count). The van der Waals surface area contributed by atoms with Gasteiger partial charge in [-0.1, -0.05) is 12.1 Å². The minimum absolute atomic E-state index is 0.00866. The Morgan fingerprint density at radius 1 is 1.19 bits per heavy atom. The van der Waals surface area contributed by atoms with Crippen LogP contribution in [0.2, 0.25) is 0 Å². The van der Waals surface area contributed by atoms with Crippen molar-refractivity contribution in [2.75, 3.05) is 0 Å². The average Bonchev–Trinajstić information content (AvgIpc) is 3.04. The van der Waals surface area contributed by atoms with E-state index in [2.05, 4.69) is 15.5 Å². The second-order valence-electron chi connectivity index (χ2n) is 5.63. The molecule has 0 saturated heterocycles. The summed E-state index contributed by atoms with van der Waals surface area (Å²) in [7, 11) is 0. The fourth-order valence-electron chi connectivity index (χ4n) is 2.38. The fraction of sp³-hybridized carbons (Fsp3) is 0.188. The van der Waals surface area contributed by atoms with E-state index in [1.165, 1.54) is 4.68 Å². The van der Waals surface area contributed by atoms with Gasteiger partial charge in [0.2, 0.25) is 5.16 Å². The number of aryl methyl sites for hydroxylation is 1. The number of nitro benzene ring substituents is 1. The minimum atomic E-state index is -4.67. The molecule has 0 radical (unpaired) electrons. The van der Waals surface area contributed by atoms with E-state index in [-0.39, 0.29) is 10.1 Å². The smallest absolute Gasteiger partial charge is 0.258 e. The van der Waals surface area contributed by atoms with Crippen molar-refractivity contribution in [3.63, 3.8) is 0 Å². The van der Waals surface area contributed by atoms with E-state index >= 15 is 0 Å². The molecule has 0 fully saturated rings. The summed E-state index contributed by atoms with van der Waals surface area (Å²) in [5.41, 5.74) is 0.836. The summed E-state index contributed by atoms with van der Waals surface area (Å²) in [5, 5.41) is 22.8. The van der Waals surface area contributed by atoms with Crippen LogP contribution in [0.1, 0.15) is 16.7 Å². The van der Waals surface area contributed by atoms with Crippen LogP contribution >= 0.6 is 11.8 Å². The maximum Gasteiger partial charge on any atom is 0.416 e. The number of benzene rings is 2. The second kappa shape index (κ2) is 6.99. The van der Waals surface area contributed by atoms with Gasteiger partial charge in [-0.3, -0.25) is 10.1 Å². The van der Waals surface area contributed by atoms with E-state index in [1.54, 1.807) is 6.07 Å². The SMILES string of the molecule is Cc1cccc(-n2nnnc2Sc2ccc(C(F)(F)F)cc2[N+](=O)[O-])c1C. The Morgan fingerprint density at radius 3 is 2.59 bits per heavy atom. The lowest BCUT2D eigenvalue weighted by Crippen LogP contribution is -2.06. The highest BCUT2D eigenvalue weighted by Crippen LogP contribution is 2.39. The van der Waals surface area contributed by atoms with Crippen molar-refractivity contribution in [2.24, 2.45) is 0 Å². The molecule has 140 valence electrons. The summed E-state index contributed by atoms with van der Waals surface area (Å²) in [6.45, 7) is 3.79. The molecule has 27 heavy (non-hydrogen) atoms. The van der Waals surface area contributed by atoms with Gasteiger partial charge < -0.3 is 0 Å². The number of nitro groups is 1. The number of hydrogen-bond acceptors (Lipinski definition) is 6. The van der Waals surface area contributed by atoms with Crippen molar-refractivity contribution in [1.82, 2.24) is 20.2 Å². The van der Waals surface area contributed by atoms with Crippen LogP contribution < -0.4 is 0 Å². The maximum absolute atomic E-state index is 12.8. The number of aromatic nitrogens is 4. The highest BCUT2D eigenvalue weighted by molar-refractivity contribution is 7.99. The van der Waals surface area contributed by atoms with E-state index in [4.69, 9.17) is 0 Å². The molecule has 0 bridgehead atoms. The summed E-state index contributed by atoms with van der Waals surface area (Å²) in [6, 6.07) is 7.86. The number of hydrogen-bond donors (Lipinski definition) is 0. The van der Waals surface area contributed by atoms with Crippen LogP contribution in [0, 0.1) is 24.0 Å². The largest absolute Gasteiger partial charge is 0.416 e. The van der Waals surface area contributed by atoms with Crippen LogP contribution in [0.3, 0.4) is 0 Å². The van der Waals surface area contributed by atoms with Crippen molar-refractivity contribution in [1.29, 1.82) is 0 Å². The van der Waals surface area contributed by atoms with Crippen molar-refractivity contribution in [3.8, 4) is 5.69 Å². The van der Waals surface area contributed by atoms with Gasteiger partial charge >= 0.3 is 6.18 Å². The van der Waals surface area contributed by atoms with Gasteiger partial charge in [-0.05, 0) is 65.4 Å². The summed E-state index contributed by atoms with van der Waals surface area (Å²) >= 11 is 0.822. The number of tetrazole rings is 1. The molecule has 0 aliphatic heterocycles. The Labute approximate surface area is 155 Å². The Hall–Kier alpha value is -2.95. The average molecular weight is 395 g/mol. The van der Waals surface area contributed by atoms with Crippen LogP contribution in [-0.4, -0.2) is 25.1 Å². The van der Waals surface area contributed by atoms with Gasteiger partial charge in [0, 0.05) is 6.07 Å². The standard InChI is InChI=1S/C16H12F3N5O2S/c1-9-4-3-5-12(10(9)2)23-15(20-21-22-23)27-14-7-6-11(16(17,18)19)8-13(14)24(25)26/h3-8H,1-2H3. The van der Waals surface area contributed by atoms with Crippen LogP contribution in [0.5, 0.6) is 0 Å². The van der Waals surface area contributed by atoms with Crippen LogP contribution in [0.4, 0.5) is 18.9 Å². The van der Waals surface area contributed by atoms with Crippen LogP contribution in [-0.2, 0) is 6.18 Å². The van der Waals surface area contributed by atoms with Crippen molar-refractivity contribution in [2.45, 2.75) is 30.1 Å². The molecule has 11 heteroatoms. The van der Waals surface area contributed by atoms with E-state index in [0.29, 0.717) is 11.8 Å². The molecule has 0 unspecified atom stereocenters. The van der Waals surface area contributed by atoms with E-state index < -0.39 is 22.4 Å². The molecule has 0 amide bonds. The Bertz CT molecular complexity index is 1020. The molecule has 1 aromatic heterocycles. The van der Waals surface area contributed by atoms with Crippen molar-refractivity contribution in [3.05, 3.63) is 63.2 Å². The Kier molecular flexibility index (Phi) is 4.87. The Balaban J connectivity index is 2.04. The molecule has 7 nitrogen and oxygen atoms in total. The van der Waals surface area contributed by atoms with Crippen molar-refractivity contribution < 1.29 is 18.1 Å². The predicted molar refractivity (Wildman–Crippen MR) is 90.8 cm³/mol. The van der Waals surface area contributed by atoms with Crippen LogP contribution in [0.25, 0.3) is 5.69 Å². The third-order valence-corrected chi connectivity index (χ3v) is 4.93. The molecule has 0 aliphatic rings. The first kappa shape index (κ1) is 18.8. The normalized spacial score (nSPS) is 11.6. The monoisotopic (exact) mass is 395 g/mol. The minimum Gasteiger partial charge on any atom is -0.258 e. The molecule has 0 N–H and O–H groups in total.